The summed E-state index contributed by atoms with van der Waals surface area (Å²) < 4.78 is 0. The minimum Gasteiger partial charge on any atom is -0.303 e. The lowest BCUT2D eigenvalue weighted by atomic mass is 9.77. The molecule has 0 aromatic rings. The first-order valence-electron chi connectivity index (χ1n) is 4.17. The van der Waals surface area contributed by atoms with Crippen LogP contribution in [0.5, 0.6) is 0 Å². The largest absolute Gasteiger partial charge is 0.303 e. The first-order chi connectivity index (χ1) is 4.72. The lowest BCUT2D eigenvalue weighted by Gasteiger charge is -2.27. The Balaban J connectivity index is 2.42. The van der Waals surface area contributed by atoms with Crippen LogP contribution < -0.4 is 0 Å². The van der Waals surface area contributed by atoms with Gasteiger partial charge < -0.3 is 4.79 Å². The van der Waals surface area contributed by atoms with Gasteiger partial charge in [0.2, 0.25) is 0 Å². The van der Waals surface area contributed by atoms with Crippen LogP contribution in [0.15, 0.2) is 0 Å². The second kappa shape index (κ2) is 3.18. The fourth-order valence-electron chi connectivity index (χ4n) is 2.12. The molecule has 58 valence electrons. The summed E-state index contributed by atoms with van der Waals surface area (Å²) in [7, 11) is 0. The van der Waals surface area contributed by atoms with Crippen molar-refractivity contribution in [3.05, 3.63) is 0 Å². The standard InChI is InChI=1S/C9H16O/c1-7-3-8(2)5-9(4-7)6-10/h6-9H,3-5H2,1-2H3/t7-,8+,9?. The third-order valence-electron chi connectivity index (χ3n) is 2.41. The Labute approximate surface area is 62.8 Å². The van der Waals surface area contributed by atoms with Crippen molar-refractivity contribution in [3.63, 3.8) is 0 Å². The highest BCUT2D eigenvalue weighted by Crippen LogP contribution is 2.31. The molecular weight excluding hydrogens is 124 g/mol. The van der Waals surface area contributed by atoms with Crippen LogP contribution >= 0.6 is 0 Å². The maximum atomic E-state index is 10.5. The summed E-state index contributed by atoms with van der Waals surface area (Å²) in [5, 5.41) is 0. The maximum absolute atomic E-state index is 10.5. The van der Waals surface area contributed by atoms with Gasteiger partial charge in [-0.1, -0.05) is 13.8 Å². The normalized spacial score (nSPS) is 41.2. The van der Waals surface area contributed by atoms with Crippen LogP contribution in [0.4, 0.5) is 0 Å². The molecule has 0 aromatic carbocycles. The van der Waals surface area contributed by atoms with Crippen molar-refractivity contribution in [2.24, 2.45) is 17.8 Å². The number of carbonyl (C=O) groups is 1. The molecule has 0 amide bonds. The van der Waals surface area contributed by atoms with Crippen molar-refractivity contribution >= 4 is 6.29 Å². The van der Waals surface area contributed by atoms with E-state index in [1.165, 1.54) is 6.42 Å². The molecule has 1 aliphatic rings. The molecule has 0 bridgehead atoms. The fourth-order valence-corrected chi connectivity index (χ4v) is 2.12. The van der Waals surface area contributed by atoms with Crippen molar-refractivity contribution in [1.82, 2.24) is 0 Å². The Morgan fingerprint density at radius 3 is 2.00 bits per heavy atom. The highest BCUT2D eigenvalue weighted by molar-refractivity contribution is 5.53. The molecule has 10 heavy (non-hydrogen) atoms. The van der Waals surface area contributed by atoms with Crippen LogP contribution in [0.25, 0.3) is 0 Å². The molecule has 0 heterocycles. The molecule has 1 saturated carbocycles. The predicted molar refractivity (Wildman–Crippen MR) is 41.7 cm³/mol. The van der Waals surface area contributed by atoms with E-state index in [-0.39, 0.29) is 0 Å². The van der Waals surface area contributed by atoms with Crippen molar-refractivity contribution in [1.29, 1.82) is 0 Å². The summed E-state index contributed by atoms with van der Waals surface area (Å²) in [6.45, 7) is 4.48. The average molecular weight is 140 g/mol. The minimum atomic E-state index is 0.360. The van der Waals surface area contributed by atoms with Gasteiger partial charge in [-0.15, -0.1) is 0 Å². The van der Waals surface area contributed by atoms with Crippen molar-refractivity contribution in [2.75, 3.05) is 0 Å². The van der Waals surface area contributed by atoms with E-state index >= 15 is 0 Å². The van der Waals surface area contributed by atoms with E-state index in [0.29, 0.717) is 5.92 Å². The van der Waals surface area contributed by atoms with Crippen molar-refractivity contribution in [2.45, 2.75) is 33.1 Å². The predicted octanol–water partition coefficient (Wildman–Crippen LogP) is 2.26. The van der Waals surface area contributed by atoms with E-state index in [9.17, 15) is 4.79 Å². The van der Waals surface area contributed by atoms with Crippen LogP contribution in [0.2, 0.25) is 0 Å². The smallest absolute Gasteiger partial charge is 0.123 e. The zero-order chi connectivity index (χ0) is 7.56. The molecule has 0 saturated heterocycles. The molecule has 0 spiro atoms. The average Bonchev–Trinajstić information content (AvgIpc) is 1.85. The molecule has 1 nitrogen and oxygen atoms in total. The van der Waals surface area contributed by atoms with E-state index in [2.05, 4.69) is 13.8 Å². The van der Waals surface area contributed by atoms with Crippen molar-refractivity contribution < 1.29 is 4.79 Å². The van der Waals surface area contributed by atoms with Gasteiger partial charge in [0.25, 0.3) is 0 Å². The minimum absolute atomic E-state index is 0.360. The lowest BCUT2D eigenvalue weighted by Crippen LogP contribution is -2.20. The van der Waals surface area contributed by atoms with Gasteiger partial charge >= 0.3 is 0 Å². The molecule has 0 aromatic heterocycles. The molecule has 1 unspecified atom stereocenters. The second-order valence-electron chi connectivity index (χ2n) is 3.81. The number of rotatable bonds is 1. The Hall–Kier alpha value is -0.330. The van der Waals surface area contributed by atoms with Crippen LogP contribution in [0.1, 0.15) is 33.1 Å². The third-order valence-corrected chi connectivity index (χ3v) is 2.41. The summed E-state index contributed by atoms with van der Waals surface area (Å²) in [5.74, 6) is 1.89. The first-order valence-corrected chi connectivity index (χ1v) is 4.17. The topological polar surface area (TPSA) is 17.1 Å². The first kappa shape index (κ1) is 7.77. The molecule has 1 heteroatoms. The van der Waals surface area contributed by atoms with Gasteiger partial charge in [-0.05, 0) is 31.1 Å². The molecule has 3 atom stereocenters. The molecule has 0 N–H and O–H groups in total. The Morgan fingerprint density at radius 1 is 1.10 bits per heavy atom. The Morgan fingerprint density at radius 2 is 1.60 bits per heavy atom. The van der Waals surface area contributed by atoms with Gasteiger partial charge in [0.15, 0.2) is 0 Å². The molecule has 1 rings (SSSR count). The van der Waals surface area contributed by atoms with E-state index < -0.39 is 0 Å². The van der Waals surface area contributed by atoms with Gasteiger partial charge in [-0.2, -0.15) is 0 Å². The molecule has 0 radical (unpaired) electrons. The van der Waals surface area contributed by atoms with Gasteiger partial charge in [0.1, 0.15) is 6.29 Å². The third kappa shape index (κ3) is 1.83. The zero-order valence-electron chi connectivity index (χ0n) is 6.84. The molecular formula is C9H16O. The van der Waals surface area contributed by atoms with Gasteiger partial charge in [-0.25, -0.2) is 0 Å². The van der Waals surface area contributed by atoms with Gasteiger partial charge in [-0.3, -0.25) is 0 Å². The van der Waals surface area contributed by atoms with Gasteiger partial charge in [0.05, 0.1) is 0 Å². The number of aldehydes is 1. The van der Waals surface area contributed by atoms with Crippen molar-refractivity contribution in [3.8, 4) is 0 Å². The summed E-state index contributed by atoms with van der Waals surface area (Å²) in [6.07, 6.45) is 4.68. The Kier molecular flexibility index (Phi) is 2.47. The monoisotopic (exact) mass is 140 g/mol. The van der Waals surface area contributed by atoms with Crippen LogP contribution in [0, 0.1) is 17.8 Å². The van der Waals surface area contributed by atoms with E-state index in [0.717, 1.165) is 31.0 Å². The fraction of sp³-hybridized carbons (Fsp3) is 0.889. The Bertz CT molecular complexity index is 110. The second-order valence-corrected chi connectivity index (χ2v) is 3.81. The number of carbonyl (C=O) groups excluding carboxylic acids is 1. The maximum Gasteiger partial charge on any atom is 0.123 e. The SMILES string of the molecule is C[C@@H]1CC(C=O)C[C@H](C)C1. The lowest BCUT2D eigenvalue weighted by molar-refractivity contribution is -0.112. The quantitative estimate of drug-likeness (QED) is 0.510. The van der Waals surface area contributed by atoms with E-state index in [1.54, 1.807) is 0 Å². The zero-order valence-corrected chi connectivity index (χ0v) is 6.84. The highest BCUT2D eigenvalue weighted by Gasteiger charge is 2.22. The van der Waals surface area contributed by atoms with E-state index in [4.69, 9.17) is 0 Å². The number of hydrogen-bond acceptors (Lipinski definition) is 1. The van der Waals surface area contributed by atoms with Crippen LogP contribution in [-0.4, -0.2) is 6.29 Å². The highest BCUT2D eigenvalue weighted by atomic mass is 16.1. The van der Waals surface area contributed by atoms with Gasteiger partial charge in [0, 0.05) is 5.92 Å². The van der Waals surface area contributed by atoms with Crippen LogP contribution in [0.3, 0.4) is 0 Å². The van der Waals surface area contributed by atoms with E-state index in [1.807, 2.05) is 0 Å². The summed E-state index contributed by atoms with van der Waals surface area (Å²) >= 11 is 0. The summed E-state index contributed by atoms with van der Waals surface area (Å²) in [5.41, 5.74) is 0. The molecule has 1 aliphatic carbocycles. The number of hydrogen-bond donors (Lipinski definition) is 0. The summed E-state index contributed by atoms with van der Waals surface area (Å²) in [4.78, 5) is 10.5. The molecule has 0 aliphatic heterocycles. The summed E-state index contributed by atoms with van der Waals surface area (Å²) in [6, 6.07) is 0. The molecule has 1 fully saturated rings. The van der Waals surface area contributed by atoms with Crippen LogP contribution in [-0.2, 0) is 4.79 Å².